The van der Waals surface area contributed by atoms with Crippen molar-refractivity contribution >= 4 is 18.6 Å². The Balaban J connectivity index is 3.42. The van der Waals surface area contributed by atoms with Crippen LogP contribution in [-0.2, 0) is 4.74 Å². The Morgan fingerprint density at radius 2 is 2.29 bits per heavy atom. The highest BCUT2D eigenvalue weighted by atomic mass is 32.1. The molecule has 1 aromatic rings. The smallest absolute Gasteiger partial charge is 0.342 e. The van der Waals surface area contributed by atoms with E-state index in [1.807, 2.05) is 0 Å². The van der Waals surface area contributed by atoms with Crippen molar-refractivity contribution in [3.63, 3.8) is 0 Å². The van der Waals surface area contributed by atoms with Gasteiger partial charge in [0, 0.05) is 4.90 Å². The van der Waals surface area contributed by atoms with Crippen molar-refractivity contribution in [3.05, 3.63) is 23.3 Å². The number of phenols is 1. The summed E-state index contributed by atoms with van der Waals surface area (Å²) in [7, 11) is 1.19. The third-order valence-corrected chi connectivity index (χ3v) is 2.04. The summed E-state index contributed by atoms with van der Waals surface area (Å²) in [6, 6.07) is 4.58. The summed E-state index contributed by atoms with van der Waals surface area (Å²) < 4.78 is 4.44. The summed E-state index contributed by atoms with van der Waals surface area (Å²) in [4.78, 5) is 11.5. The van der Waals surface area contributed by atoms with Crippen LogP contribution in [-0.4, -0.2) is 18.2 Å². The second-order valence-corrected chi connectivity index (χ2v) is 2.94. The van der Waals surface area contributed by atoms with Crippen LogP contribution in [0.2, 0.25) is 0 Å². The highest BCUT2D eigenvalue weighted by molar-refractivity contribution is 7.80. The number of phenolic OH excluding ortho intramolecular Hbond substituents is 1. The maximum atomic E-state index is 11.2. The lowest BCUT2D eigenvalue weighted by atomic mass is 10.1. The second kappa shape index (κ2) is 4.03. The number of methoxy groups -OCH3 is 1. The molecule has 0 saturated heterocycles. The lowest BCUT2D eigenvalue weighted by molar-refractivity contribution is 0.0593. The zero-order chi connectivity index (χ0) is 10.7. The van der Waals surface area contributed by atoms with Crippen LogP contribution in [0, 0.1) is 11.3 Å². The van der Waals surface area contributed by atoms with Gasteiger partial charge >= 0.3 is 5.97 Å². The fraction of sp³-hybridized carbons (Fsp3) is 0.111. The standard InChI is InChI=1S/C9H7NO3S/c1-13-9(12)7-6(14)3-2-5(4-10)8(7)11/h2-3,11,14H,1H3. The minimum Gasteiger partial charge on any atom is -0.506 e. The number of esters is 1. The predicted octanol–water partition coefficient (Wildman–Crippen LogP) is 1.34. The predicted molar refractivity (Wildman–Crippen MR) is 51.4 cm³/mol. The van der Waals surface area contributed by atoms with Gasteiger partial charge in [-0.25, -0.2) is 4.79 Å². The van der Waals surface area contributed by atoms with Crippen molar-refractivity contribution in [3.8, 4) is 11.8 Å². The van der Waals surface area contributed by atoms with Crippen LogP contribution >= 0.6 is 12.6 Å². The van der Waals surface area contributed by atoms with Gasteiger partial charge in [0.25, 0.3) is 0 Å². The Hall–Kier alpha value is -1.67. The highest BCUT2D eigenvalue weighted by Crippen LogP contribution is 2.28. The number of ether oxygens (including phenoxy) is 1. The fourth-order valence-electron chi connectivity index (χ4n) is 0.974. The molecule has 0 spiro atoms. The quantitative estimate of drug-likeness (QED) is 0.541. The molecule has 0 fully saturated rings. The van der Waals surface area contributed by atoms with Gasteiger partial charge in [0.1, 0.15) is 17.4 Å². The van der Waals surface area contributed by atoms with E-state index in [0.29, 0.717) is 0 Å². The number of nitriles is 1. The van der Waals surface area contributed by atoms with Gasteiger partial charge in [-0.15, -0.1) is 12.6 Å². The Morgan fingerprint density at radius 1 is 1.64 bits per heavy atom. The summed E-state index contributed by atoms with van der Waals surface area (Å²) in [5.41, 5.74) is -0.0712. The monoisotopic (exact) mass is 209 g/mol. The Labute approximate surface area is 86.1 Å². The number of carbonyl (C=O) groups is 1. The number of thiol groups is 1. The van der Waals surface area contributed by atoms with Gasteiger partial charge in [-0.1, -0.05) is 0 Å². The van der Waals surface area contributed by atoms with E-state index in [2.05, 4.69) is 17.4 Å². The van der Waals surface area contributed by atoms with Crippen LogP contribution in [0.3, 0.4) is 0 Å². The van der Waals surface area contributed by atoms with E-state index >= 15 is 0 Å². The zero-order valence-electron chi connectivity index (χ0n) is 7.31. The molecule has 0 amide bonds. The Morgan fingerprint density at radius 3 is 2.79 bits per heavy atom. The lowest BCUT2D eigenvalue weighted by Gasteiger charge is -2.06. The van der Waals surface area contributed by atoms with Crippen molar-refractivity contribution in [1.82, 2.24) is 0 Å². The van der Waals surface area contributed by atoms with E-state index in [9.17, 15) is 9.90 Å². The highest BCUT2D eigenvalue weighted by Gasteiger charge is 2.18. The third-order valence-electron chi connectivity index (χ3n) is 1.67. The van der Waals surface area contributed by atoms with Crippen molar-refractivity contribution in [1.29, 1.82) is 5.26 Å². The molecule has 72 valence electrons. The van der Waals surface area contributed by atoms with Crippen molar-refractivity contribution in [2.75, 3.05) is 7.11 Å². The number of rotatable bonds is 1. The molecule has 1 N–H and O–H groups in total. The summed E-state index contributed by atoms with van der Waals surface area (Å²) in [6.07, 6.45) is 0. The molecule has 0 unspecified atom stereocenters. The summed E-state index contributed by atoms with van der Waals surface area (Å²) >= 11 is 3.98. The maximum Gasteiger partial charge on any atom is 0.342 e. The minimum absolute atomic E-state index is 0.0169. The van der Waals surface area contributed by atoms with Gasteiger partial charge in [-0.3, -0.25) is 0 Å². The molecule has 1 rings (SSSR count). The van der Waals surface area contributed by atoms with Crippen LogP contribution < -0.4 is 0 Å². The number of hydrogen-bond acceptors (Lipinski definition) is 5. The molecule has 1 aromatic carbocycles. The molecule has 0 atom stereocenters. The van der Waals surface area contributed by atoms with Crippen molar-refractivity contribution in [2.24, 2.45) is 0 Å². The van der Waals surface area contributed by atoms with E-state index in [1.54, 1.807) is 6.07 Å². The normalized spacial score (nSPS) is 9.21. The van der Waals surface area contributed by atoms with E-state index in [0.717, 1.165) is 0 Å². The minimum atomic E-state index is -0.718. The number of aromatic hydroxyl groups is 1. The summed E-state index contributed by atoms with van der Waals surface area (Å²) in [6.45, 7) is 0. The van der Waals surface area contributed by atoms with Gasteiger partial charge < -0.3 is 9.84 Å². The molecule has 5 heteroatoms. The topological polar surface area (TPSA) is 70.3 Å². The van der Waals surface area contributed by atoms with E-state index in [1.165, 1.54) is 19.2 Å². The third kappa shape index (κ3) is 1.65. The summed E-state index contributed by atoms with van der Waals surface area (Å²) in [5.74, 6) is -1.11. The maximum absolute atomic E-state index is 11.2. The first-order valence-corrected chi connectivity index (χ1v) is 4.10. The fourth-order valence-corrected chi connectivity index (χ4v) is 1.25. The number of nitrogens with zero attached hydrogens (tertiary/aromatic N) is 1. The van der Waals surface area contributed by atoms with Gasteiger partial charge in [0.05, 0.1) is 12.7 Å². The molecule has 0 aromatic heterocycles. The average Bonchev–Trinajstić information content (AvgIpc) is 2.18. The molecule has 0 bridgehead atoms. The van der Waals surface area contributed by atoms with Crippen LogP contribution in [0.5, 0.6) is 5.75 Å². The van der Waals surface area contributed by atoms with Gasteiger partial charge in [0.2, 0.25) is 0 Å². The second-order valence-electron chi connectivity index (χ2n) is 2.46. The zero-order valence-corrected chi connectivity index (χ0v) is 8.21. The molecule has 4 nitrogen and oxygen atoms in total. The molecule has 0 heterocycles. The van der Waals surface area contributed by atoms with Crippen LogP contribution in [0.15, 0.2) is 17.0 Å². The number of benzene rings is 1. The number of hydrogen-bond donors (Lipinski definition) is 2. The molecule has 0 aliphatic heterocycles. The largest absolute Gasteiger partial charge is 0.506 e. The van der Waals surface area contributed by atoms with E-state index in [-0.39, 0.29) is 16.0 Å². The van der Waals surface area contributed by atoms with Gasteiger partial charge in [-0.2, -0.15) is 5.26 Å². The van der Waals surface area contributed by atoms with Crippen LogP contribution in [0.25, 0.3) is 0 Å². The molecule has 0 aliphatic rings. The van der Waals surface area contributed by atoms with E-state index in [4.69, 9.17) is 5.26 Å². The first kappa shape index (κ1) is 10.4. The van der Waals surface area contributed by atoms with Gasteiger partial charge in [-0.05, 0) is 12.1 Å². The molecule has 0 radical (unpaired) electrons. The molecular formula is C9H7NO3S. The Bertz CT molecular complexity index is 423. The first-order valence-electron chi connectivity index (χ1n) is 3.65. The molecule has 0 aliphatic carbocycles. The van der Waals surface area contributed by atoms with Crippen LogP contribution in [0.1, 0.15) is 15.9 Å². The van der Waals surface area contributed by atoms with Crippen LogP contribution in [0.4, 0.5) is 0 Å². The SMILES string of the molecule is COC(=O)c1c(S)ccc(C#N)c1O. The molecule has 14 heavy (non-hydrogen) atoms. The lowest BCUT2D eigenvalue weighted by Crippen LogP contribution is -2.03. The van der Waals surface area contributed by atoms with E-state index < -0.39 is 11.7 Å². The first-order chi connectivity index (χ1) is 6.61. The van der Waals surface area contributed by atoms with Crippen molar-refractivity contribution in [2.45, 2.75) is 4.90 Å². The molecular weight excluding hydrogens is 202 g/mol. The molecule has 0 saturated carbocycles. The number of carbonyl (C=O) groups excluding carboxylic acids is 1. The Kier molecular flexibility index (Phi) is 2.99. The summed E-state index contributed by atoms with van der Waals surface area (Å²) in [5, 5.41) is 18.1. The van der Waals surface area contributed by atoms with Crippen molar-refractivity contribution < 1.29 is 14.6 Å². The average molecular weight is 209 g/mol. The van der Waals surface area contributed by atoms with Gasteiger partial charge in [0.15, 0.2) is 0 Å².